The number of carbonyl (C=O) groups is 1. The van der Waals surface area contributed by atoms with Crippen LogP contribution < -0.4 is 5.23 Å². The highest BCUT2D eigenvalue weighted by Gasteiger charge is 2.14. The molecule has 0 saturated carbocycles. The number of hydrogen-bond donors (Lipinski definition) is 2. The topological polar surface area (TPSA) is 49.3 Å². The second-order valence-corrected chi connectivity index (χ2v) is 2.81. The van der Waals surface area contributed by atoms with E-state index in [-0.39, 0.29) is 6.04 Å². The minimum Gasteiger partial charge on any atom is -0.480 e. The van der Waals surface area contributed by atoms with Crippen LogP contribution in [-0.4, -0.2) is 25.1 Å². The lowest BCUT2D eigenvalue weighted by molar-refractivity contribution is -0.139. The van der Waals surface area contributed by atoms with Gasteiger partial charge >= 0.3 is 5.97 Å². The third kappa shape index (κ3) is 3.51. The Morgan fingerprint density at radius 3 is 2.30 bits per heavy atom. The summed E-state index contributed by atoms with van der Waals surface area (Å²) in [6.07, 6.45) is 0.686. The second-order valence-electron chi connectivity index (χ2n) is 2.81. The van der Waals surface area contributed by atoms with Crippen molar-refractivity contribution in [2.45, 2.75) is 26.3 Å². The Morgan fingerprint density at radius 2 is 2.20 bits per heavy atom. The number of carboxylic acid groups (broad SMARTS) is 1. The zero-order valence-electron chi connectivity index (χ0n) is 6.72. The van der Waals surface area contributed by atoms with Gasteiger partial charge in [0.05, 0.1) is 6.04 Å². The van der Waals surface area contributed by atoms with Crippen LogP contribution in [0.15, 0.2) is 0 Å². The summed E-state index contributed by atoms with van der Waals surface area (Å²) in [6, 6.07) is -0.389. The summed E-state index contributed by atoms with van der Waals surface area (Å²) in [7, 11) is 1.67. The third-order valence-corrected chi connectivity index (χ3v) is 1.35. The van der Waals surface area contributed by atoms with Gasteiger partial charge in [-0.3, -0.25) is 4.79 Å². The fourth-order valence-corrected chi connectivity index (χ4v) is 0.814. The first-order valence-electron chi connectivity index (χ1n) is 3.48. The van der Waals surface area contributed by atoms with Crippen molar-refractivity contribution < 1.29 is 9.90 Å². The van der Waals surface area contributed by atoms with Crippen LogP contribution in [0.25, 0.3) is 0 Å². The molecule has 0 fully saturated rings. The molecule has 58 valence electrons. The Bertz CT molecular complexity index is 116. The molecule has 1 unspecified atom stereocenters. The summed E-state index contributed by atoms with van der Waals surface area (Å²) < 4.78 is 0. The van der Waals surface area contributed by atoms with Crippen LogP contribution in [0.3, 0.4) is 0 Å². The molecule has 0 spiro atoms. The summed E-state index contributed by atoms with van der Waals surface area (Å²) in [6.45, 7) is 4.01. The average molecular weight is 143 g/mol. The second kappa shape index (κ2) is 4.33. The van der Waals surface area contributed by atoms with Gasteiger partial charge < -0.3 is 10.3 Å². The summed E-state index contributed by atoms with van der Waals surface area (Å²) in [4.78, 5) is 10.4. The van der Waals surface area contributed by atoms with E-state index in [1.807, 2.05) is 13.8 Å². The predicted octanol–water partition coefficient (Wildman–Crippen LogP) is -0.377. The van der Waals surface area contributed by atoms with E-state index in [0.717, 1.165) is 0 Å². The molecule has 0 aliphatic rings. The molecule has 0 bridgehead atoms. The van der Waals surface area contributed by atoms with Gasteiger partial charge in [-0.05, 0) is 12.3 Å². The van der Waals surface area contributed by atoms with Gasteiger partial charge in [-0.15, -0.1) is 0 Å². The van der Waals surface area contributed by atoms with E-state index in [9.17, 15) is 4.79 Å². The summed E-state index contributed by atoms with van der Waals surface area (Å²) >= 11 is 0. The smallest absolute Gasteiger partial charge is 0.319 e. The SMILES string of the molecule is BNC(CC(C)C)C(=O)O. The first kappa shape index (κ1) is 9.49. The van der Waals surface area contributed by atoms with Crippen LogP contribution in [-0.2, 0) is 4.79 Å². The molecule has 0 aromatic rings. The highest BCUT2D eigenvalue weighted by atomic mass is 16.4. The lowest BCUT2D eigenvalue weighted by Crippen LogP contribution is -2.35. The molecule has 0 amide bonds. The van der Waals surface area contributed by atoms with E-state index in [2.05, 4.69) is 5.23 Å². The quantitative estimate of drug-likeness (QED) is 0.527. The zero-order valence-corrected chi connectivity index (χ0v) is 6.72. The fourth-order valence-electron chi connectivity index (χ4n) is 0.814. The molecule has 0 aromatic carbocycles. The van der Waals surface area contributed by atoms with Gasteiger partial charge in [0.1, 0.15) is 0 Å². The van der Waals surface area contributed by atoms with Crippen molar-refractivity contribution in [2.75, 3.05) is 0 Å². The number of carboxylic acids is 1. The van der Waals surface area contributed by atoms with Crippen molar-refractivity contribution in [3.63, 3.8) is 0 Å². The van der Waals surface area contributed by atoms with Crippen molar-refractivity contribution in [2.24, 2.45) is 5.92 Å². The van der Waals surface area contributed by atoms with Crippen molar-refractivity contribution in [1.82, 2.24) is 5.23 Å². The van der Waals surface area contributed by atoms with Crippen molar-refractivity contribution in [3.05, 3.63) is 0 Å². The third-order valence-electron chi connectivity index (χ3n) is 1.35. The van der Waals surface area contributed by atoms with E-state index < -0.39 is 5.97 Å². The molecule has 10 heavy (non-hydrogen) atoms. The number of rotatable bonds is 4. The highest BCUT2D eigenvalue weighted by Crippen LogP contribution is 2.03. The van der Waals surface area contributed by atoms with E-state index >= 15 is 0 Å². The Morgan fingerprint density at radius 1 is 1.70 bits per heavy atom. The summed E-state index contributed by atoms with van der Waals surface area (Å²) in [5, 5.41) is 11.3. The maximum absolute atomic E-state index is 10.4. The minimum absolute atomic E-state index is 0.389. The van der Waals surface area contributed by atoms with E-state index in [0.29, 0.717) is 12.3 Å². The standard InChI is InChI=1S/C6H14BNO2/c1-4(2)3-5(8-7)6(9)10/h4-5,8H,3,7H2,1-2H3,(H,9,10). The molecule has 0 rings (SSSR count). The van der Waals surface area contributed by atoms with Gasteiger partial charge in [0.15, 0.2) is 7.98 Å². The molecule has 3 nitrogen and oxygen atoms in total. The lowest BCUT2D eigenvalue weighted by Gasteiger charge is -2.12. The zero-order chi connectivity index (χ0) is 8.15. The van der Waals surface area contributed by atoms with Crippen molar-refractivity contribution in [1.29, 1.82) is 0 Å². The van der Waals surface area contributed by atoms with Gasteiger partial charge in [0, 0.05) is 0 Å². The molecule has 0 radical (unpaired) electrons. The first-order chi connectivity index (χ1) is 4.57. The lowest BCUT2D eigenvalue weighted by atomic mass is 10.0. The average Bonchev–Trinajstić information content (AvgIpc) is 1.81. The summed E-state index contributed by atoms with van der Waals surface area (Å²) in [5.41, 5.74) is 0. The molecular formula is C6H14BNO2. The Labute approximate surface area is 62.2 Å². The van der Waals surface area contributed by atoms with Crippen LogP contribution in [0, 0.1) is 5.92 Å². The van der Waals surface area contributed by atoms with Crippen molar-refractivity contribution >= 4 is 14.0 Å². The maximum Gasteiger partial charge on any atom is 0.319 e. The monoisotopic (exact) mass is 143 g/mol. The predicted molar refractivity (Wildman–Crippen MR) is 42.6 cm³/mol. The van der Waals surface area contributed by atoms with Gasteiger partial charge in [-0.25, -0.2) is 0 Å². The minimum atomic E-state index is -0.767. The van der Waals surface area contributed by atoms with Gasteiger partial charge in [-0.2, -0.15) is 0 Å². The molecule has 0 saturated heterocycles. The van der Waals surface area contributed by atoms with Gasteiger partial charge in [0.2, 0.25) is 0 Å². The van der Waals surface area contributed by atoms with Crippen LogP contribution in [0.1, 0.15) is 20.3 Å². The van der Waals surface area contributed by atoms with Crippen LogP contribution in [0.4, 0.5) is 0 Å². The van der Waals surface area contributed by atoms with Gasteiger partial charge in [-0.1, -0.05) is 13.8 Å². The molecular weight excluding hydrogens is 129 g/mol. The van der Waals surface area contributed by atoms with Crippen LogP contribution in [0.5, 0.6) is 0 Å². The first-order valence-corrected chi connectivity index (χ1v) is 3.48. The van der Waals surface area contributed by atoms with E-state index in [1.54, 1.807) is 7.98 Å². The van der Waals surface area contributed by atoms with Gasteiger partial charge in [0.25, 0.3) is 0 Å². The summed E-state index contributed by atoms with van der Waals surface area (Å²) in [5.74, 6) is -0.343. The molecule has 0 heterocycles. The highest BCUT2D eigenvalue weighted by molar-refractivity contribution is 6.06. The molecule has 2 N–H and O–H groups in total. The van der Waals surface area contributed by atoms with Crippen molar-refractivity contribution in [3.8, 4) is 0 Å². The molecule has 0 aliphatic carbocycles. The molecule has 0 aromatic heterocycles. The van der Waals surface area contributed by atoms with Crippen LogP contribution in [0.2, 0.25) is 0 Å². The molecule has 0 aliphatic heterocycles. The van der Waals surface area contributed by atoms with E-state index in [4.69, 9.17) is 5.11 Å². The van der Waals surface area contributed by atoms with E-state index in [1.165, 1.54) is 0 Å². The molecule has 4 heteroatoms. The molecule has 1 atom stereocenters. The Balaban J connectivity index is 3.72. The Hall–Kier alpha value is -0.505. The van der Waals surface area contributed by atoms with Crippen LogP contribution >= 0.6 is 0 Å². The number of aliphatic carboxylic acids is 1. The maximum atomic E-state index is 10.4. The fraction of sp³-hybridized carbons (Fsp3) is 0.833. The largest absolute Gasteiger partial charge is 0.480 e. The Kier molecular flexibility index (Phi) is 4.11. The normalized spacial score (nSPS) is 13.5. The number of hydrogen-bond acceptors (Lipinski definition) is 2. The number of nitrogens with one attached hydrogen (secondary N) is 1.